The number of aliphatic hydroxyl groups is 1. The van der Waals surface area contributed by atoms with E-state index in [4.69, 9.17) is 19.3 Å². The molecule has 0 fully saturated rings. The van der Waals surface area contributed by atoms with E-state index in [0.717, 1.165) is 28.5 Å². The fourth-order valence-corrected chi connectivity index (χ4v) is 3.48. The fourth-order valence-electron chi connectivity index (χ4n) is 3.48. The van der Waals surface area contributed by atoms with Crippen LogP contribution in [-0.2, 0) is 25.4 Å². The van der Waals surface area contributed by atoms with Gasteiger partial charge in [0.05, 0.1) is 52.7 Å². The van der Waals surface area contributed by atoms with Crippen molar-refractivity contribution in [3.63, 3.8) is 0 Å². The lowest BCUT2D eigenvalue weighted by Gasteiger charge is -2.19. The van der Waals surface area contributed by atoms with Crippen LogP contribution in [0, 0.1) is 6.92 Å². The molecule has 0 saturated carbocycles. The minimum absolute atomic E-state index is 0.0178. The van der Waals surface area contributed by atoms with Crippen LogP contribution in [0.5, 0.6) is 0 Å². The summed E-state index contributed by atoms with van der Waals surface area (Å²) in [7, 11) is 1.96. The van der Waals surface area contributed by atoms with E-state index in [9.17, 15) is 4.79 Å². The number of nitrogens with one attached hydrogen (secondary N) is 2. The molecule has 10 nitrogen and oxygen atoms in total. The van der Waals surface area contributed by atoms with Crippen molar-refractivity contribution >= 4 is 29.0 Å². The summed E-state index contributed by atoms with van der Waals surface area (Å²) in [4.78, 5) is 23.4. The first-order valence-electron chi connectivity index (χ1n) is 12.7. The van der Waals surface area contributed by atoms with Crippen molar-refractivity contribution in [1.82, 2.24) is 9.97 Å². The topological polar surface area (TPSA) is 118 Å². The standard InChI is InChI=1S/C28H37N5O5/c1-22-20-26(33(2)12-14-36-16-18-38-19-17-37-15-13-34)32-28(29-22)31-25-10-8-24(9-11-25)30-27(35)21-23-6-4-3-5-7-23/h3-11,20,34H,12-19,21H2,1-2H3,(H,30,35)(H,29,31,32). The van der Waals surface area contributed by atoms with E-state index in [1.807, 2.05) is 79.5 Å². The second kappa shape index (κ2) is 16.3. The summed E-state index contributed by atoms with van der Waals surface area (Å²) in [5, 5.41) is 14.8. The van der Waals surface area contributed by atoms with Crippen LogP contribution in [0.25, 0.3) is 0 Å². The molecule has 0 spiro atoms. The lowest BCUT2D eigenvalue weighted by atomic mass is 10.1. The number of nitrogens with zero attached hydrogens (tertiary/aromatic N) is 3. The van der Waals surface area contributed by atoms with E-state index in [1.54, 1.807) is 0 Å². The Morgan fingerprint density at radius 2 is 1.50 bits per heavy atom. The molecule has 0 unspecified atom stereocenters. The molecule has 0 radical (unpaired) electrons. The number of ether oxygens (including phenoxy) is 3. The quantitative estimate of drug-likeness (QED) is 0.229. The molecule has 1 amide bonds. The second-order valence-corrected chi connectivity index (χ2v) is 8.59. The first-order chi connectivity index (χ1) is 18.5. The van der Waals surface area contributed by atoms with Gasteiger partial charge in [0.1, 0.15) is 5.82 Å². The number of benzene rings is 2. The van der Waals surface area contributed by atoms with Crippen molar-refractivity contribution in [1.29, 1.82) is 0 Å². The zero-order valence-electron chi connectivity index (χ0n) is 22.1. The normalized spacial score (nSPS) is 10.8. The number of hydrogen-bond donors (Lipinski definition) is 3. The van der Waals surface area contributed by atoms with E-state index in [-0.39, 0.29) is 12.5 Å². The Morgan fingerprint density at radius 3 is 2.18 bits per heavy atom. The molecule has 38 heavy (non-hydrogen) atoms. The molecule has 3 aromatic rings. The van der Waals surface area contributed by atoms with Crippen molar-refractivity contribution in [3.05, 3.63) is 71.9 Å². The number of aromatic nitrogens is 2. The lowest BCUT2D eigenvalue weighted by molar-refractivity contribution is -0.115. The molecule has 10 heteroatoms. The van der Waals surface area contributed by atoms with Gasteiger partial charge in [-0.2, -0.15) is 4.98 Å². The van der Waals surface area contributed by atoms with Crippen LogP contribution < -0.4 is 15.5 Å². The van der Waals surface area contributed by atoms with Crippen LogP contribution in [0.2, 0.25) is 0 Å². The Labute approximate surface area is 224 Å². The third-order valence-corrected chi connectivity index (χ3v) is 5.41. The second-order valence-electron chi connectivity index (χ2n) is 8.59. The van der Waals surface area contributed by atoms with Gasteiger partial charge in [-0.15, -0.1) is 0 Å². The maximum absolute atomic E-state index is 12.3. The smallest absolute Gasteiger partial charge is 0.229 e. The molecular weight excluding hydrogens is 486 g/mol. The van der Waals surface area contributed by atoms with Crippen LogP contribution in [0.4, 0.5) is 23.1 Å². The summed E-state index contributed by atoms with van der Waals surface area (Å²) < 4.78 is 16.2. The van der Waals surface area contributed by atoms with Gasteiger partial charge in [-0.1, -0.05) is 30.3 Å². The summed E-state index contributed by atoms with van der Waals surface area (Å²) in [6, 6.07) is 19.0. The Hall–Kier alpha value is -3.57. The molecule has 0 atom stereocenters. The van der Waals surface area contributed by atoms with Gasteiger partial charge < -0.3 is 34.9 Å². The molecule has 1 heterocycles. The van der Waals surface area contributed by atoms with Crippen molar-refractivity contribution in [2.24, 2.45) is 0 Å². The average molecular weight is 524 g/mol. The summed E-state index contributed by atoms with van der Waals surface area (Å²) >= 11 is 0. The average Bonchev–Trinajstić information content (AvgIpc) is 2.91. The monoisotopic (exact) mass is 523 g/mol. The van der Waals surface area contributed by atoms with Crippen molar-refractivity contribution < 1.29 is 24.1 Å². The summed E-state index contributed by atoms with van der Waals surface area (Å²) in [6.45, 7) is 5.38. The van der Waals surface area contributed by atoms with Crippen LogP contribution in [0.3, 0.4) is 0 Å². The minimum Gasteiger partial charge on any atom is -0.394 e. The third-order valence-electron chi connectivity index (χ3n) is 5.41. The van der Waals surface area contributed by atoms with Crippen LogP contribution in [0.15, 0.2) is 60.7 Å². The van der Waals surface area contributed by atoms with Gasteiger partial charge in [0.15, 0.2) is 0 Å². The van der Waals surface area contributed by atoms with Gasteiger partial charge in [-0.05, 0) is 36.8 Å². The molecule has 3 N–H and O–H groups in total. The highest BCUT2D eigenvalue weighted by molar-refractivity contribution is 5.92. The molecule has 0 bridgehead atoms. The number of carbonyl (C=O) groups is 1. The van der Waals surface area contributed by atoms with Gasteiger partial charge in [0.2, 0.25) is 11.9 Å². The number of aryl methyl sites for hydroxylation is 1. The molecule has 3 rings (SSSR count). The number of carbonyl (C=O) groups excluding carboxylic acids is 1. The zero-order valence-corrected chi connectivity index (χ0v) is 22.1. The Morgan fingerprint density at radius 1 is 0.868 bits per heavy atom. The largest absolute Gasteiger partial charge is 0.394 e. The van der Waals surface area contributed by atoms with Crippen molar-refractivity contribution in [2.45, 2.75) is 13.3 Å². The minimum atomic E-state index is -0.0630. The van der Waals surface area contributed by atoms with E-state index in [2.05, 4.69) is 20.6 Å². The predicted octanol–water partition coefficient (Wildman–Crippen LogP) is 3.19. The predicted molar refractivity (Wildman–Crippen MR) is 148 cm³/mol. The number of aliphatic hydroxyl groups excluding tert-OH is 1. The Balaban J connectivity index is 1.42. The highest BCUT2D eigenvalue weighted by Crippen LogP contribution is 2.20. The first-order valence-corrected chi connectivity index (χ1v) is 12.7. The number of amides is 1. The molecule has 0 aliphatic heterocycles. The van der Waals surface area contributed by atoms with E-state index < -0.39 is 0 Å². The number of likely N-dealkylation sites (N-methyl/N-ethyl adjacent to an activating group) is 1. The SMILES string of the molecule is Cc1cc(N(C)CCOCCOCCOCCO)nc(Nc2ccc(NC(=O)Cc3ccccc3)cc2)n1. The third kappa shape index (κ3) is 10.8. The van der Waals surface area contributed by atoms with Gasteiger partial charge in [-0.3, -0.25) is 4.79 Å². The molecule has 1 aromatic heterocycles. The molecule has 0 saturated heterocycles. The van der Waals surface area contributed by atoms with Gasteiger partial charge in [0, 0.05) is 36.7 Å². The summed E-state index contributed by atoms with van der Waals surface area (Å²) in [5.41, 5.74) is 3.35. The zero-order chi connectivity index (χ0) is 27.0. The van der Waals surface area contributed by atoms with Gasteiger partial charge >= 0.3 is 0 Å². The highest BCUT2D eigenvalue weighted by atomic mass is 16.5. The summed E-state index contributed by atoms with van der Waals surface area (Å²) in [6.07, 6.45) is 0.328. The molecule has 2 aromatic carbocycles. The van der Waals surface area contributed by atoms with Gasteiger partial charge in [0.25, 0.3) is 0 Å². The highest BCUT2D eigenvalue weighted by Gasteiger charge is 2.08. The Kier molecular flexibility index (Phi) is 12.4. The van der Waals surface area contributed by atoms with Crippen LogP contribution >= 0.6 is 0 Å². The number of hydrogen-bond acceptors (Lipinski definition) is 9. The first kappa shape index (κ1) is 29.0. The van der Waals surface area contributed by atoms with Gasteiger partial charge in [-0.25, -0.2) is 4.98 Å². The maximum Gasteiger partial charge on any atom is 0.229 e. The van der Waals surface area contributed by atoms with E-state index in [1.165, 1.54) is 0 Å². The Bertz CT molecular complexity index is 1100. The number of anilines is 4. The van der Waals surface area contributed by atoms with Crippen molar-refractivity contribution in [2.75, 3.05) is 75.4 Å². The molecule has 0 aliphatic carbocycles. The van der Waals surface area contributed by atoms with E-state index >= 15 is 0 Å². The van der Waals surface area contributed by atoms with Crippen LogP contribution in [-0.4, -0.2) is 80.8 Å². The molecule has 204 valence electrons. The summed E-state index contributed by atoms with van der Waals surface area (Å²) in [5.74, 6) is 1.21. The fraction of sp³-hybridized carbons (Fsp3) is 0.393. The van der Waals surface area contributed by atoms with E-state index in [0.29, 0.717) is 58.6 Å². The van der Waals surface area contributed by atoms with Crippen molar-refractivity contribution in [3.8, 4) is 0 Å². The molecular formula is C28H37N5O5. The maximum atomic E-state index is 12.3. The van der Waals surface area contributed by atoms with Crippen LogP contribution in [0.1, 0.15) is 11.3 Å². The lowest BCUT2D eigenvalue weighted by Crippen LogP contribution is -2.24. The number of rotatable bonds is 17. The molecule has 0 aliphatic rings.